The van der Waals surface area contributed by atoms with E-state index in [2.05, 4.69) is 25.9 Å². The van der Waals surface area contributed by atoms with Crippen LogP contribution in [0.4, 0.5) is 0 Å². The summed E-state index contributed by atoms with van der Waals surface area (Å²) in [6, 6.07) is 7.27. The van der Waals surface area contributed by atoms with Crippen LogP contribution in [0.25, 0.3) is 0 Å². The van der Waals surface area contributed by atoms with Crippen molar-refractivity contribution in [3.8, 4) is 0 Å². The molecule has 0 aliphatic rings. The third kappa shape index (κ3) is 9.75. The highest BCUT2D eigenvalue weighted by molar-refractivity contribution is 6.43. The van der Waals surface area contributed by atoms with Crippen molar-refractivity contribution >= 4 is 24.8 Å². The molecule has 0 saturated carbocycles. The van der Waals surface area contributed by atoms with Gasteiger partial charge in [0.15, 0.2) is 0 Å². The van der Waals surface area contributed by atoms with Gasteiger partial charge >= 0.3 is 7.12 Å². The lowest BCUT2D eigenvalue weighted by Gasteiger charge is -2.27. The second-order valence-electron chi connectivity index (χ2n) is 9.66. The van der Waals surface area contributed by atoms with E-state index in [0.29, 0.717) is 12.8 Å². The minimum absolute atomic E-state index is 0.0606. The Morgan fingerprint density at radius 3 is 2.06 bits per heavy atom. The minimum atomic E-state index is -1.73. The van der Waals surface area contributed by atoms with Crippen molar-refractivity contribution in [1.82, 2.24) is 25.9 Å². The van der Waals surface area contributed by atoms with E-state index in [9.17, 15) is 24.4 Å². The van der Waals surface area contributed by atoms with Gasteiger partial charge in [-0.25, -0.2) is 4.98 Å². The predicted octanol–water partition coefficient (Wildman–Crippen LogP) is 0.892. The number of rotatable bonds is 13. The molecule has 10 nitrogen and oxygen atoms in total. The van der Waals surface area contributed by atoms with Crippen LogP contribution >= 0.6 is 0 Å². The van der Waals surface area contributed by atoms with Gasteiger partial charge in [0.2, 0.25) is 11.8 Å². The highest BCUT2D eigenvalue weighted by Gasteiger charge is 2.32. The van der Waals surface area contributed by atoms with Gasteiger partial charge in [-0.15, -0.1) is 0 Å². The van der Waals surface area contributed by atoms with Crippen molar-refractivity contribution in [2.75, 3.05) is 0 Å². The summed E-state index contributed by atoms with van der Waals surface area (Å²) < 4.78 is 0. The third-order valence-electron chi connectivity index (χ3n) is 5.45. The first-order chi connectivity index (χ1) is 17.1. The molecule has 0 spiro atoms. The van der Waals surface area contributed by atoms with E-state index >= 15 is 0 Å². The highest BCUT2D eigenvalue weighted by atomic mass is 16.4. The van der Waals surface area contributed by atoms with E-state index in [0.717, 1.165) is 5.56 Å². The Hall–Kier alpha value is -3.31. The monoisotopic (exact) mass is 497 g/mol. The maximum atomic E-state index is 13.4. The quantitative estimate of drug-likeness (QED) is 0.258. The summed E-state index contributed by atoms with van der Waals surface area (Å²) in [4.78, 5) is 47.1. The lowest BCUT2D eigenvalue weighted by Crippen LogP contribution is -2.57. The second kappa shape index (κ2) is 14.3. The van der Waals surface area contributed by atoms with Crippen LogP contribution in [0.15, 0.2) is 48.9 Å². The molecule has 194 valence electrons. The normalized spacial score (nSPS) is 13.6. The summed E-state index contributed by atoms with van der Waals surface area (Å²) in [5.41, 5.74) is 0.885. The Labute approximate surface area is 212 Å². The molecule has 0 aliphatic heterocycles. The molecule has 2 aromatic rings. The molecular formula is C25H36BN5O5. The summed E-state index contributed by atoms with van der Waals surface area (Å²) in [6.07, 6.45) is 5.00. The van der Waals surface area contributed by atoms with Crippen molar-refractivity contribution in [2.24, 2.45) is 11.8 Å². The van der Waals surface area contributed by atoms with Crippen molar-refractivity contribution in [1.29, 1.82) is 0 Å². The second-order valence-corrected chi connectivity index (χ2v) is 9.66. The average Bonchev–Trinajstić information content (AvgIpc) is 2.83. The lowest BCUT2D eigenvalue weighted by molar-refractivity contribution is -0.130. The Morgan fingerprint density at radius 2 is 1.50 bits per heavy atom. The number of nitrogens with zero attached hydrogens (tertiary/aromatic N) is 2. The molecule has 36 heavy (non-hydrogen) atoms. The fraction of sp³-hybridized carbons (Fsp3) is 0.480. The fourth-order valence-corrected chi connectivity index (χ4v) is 3.73. The van der Waals surface area contributed by atoms with Crippen molar-refractivity contribution in [3.05, 3.63) is 60.2 Å². The molecule has 11 heteroatoms. The van der Waals surface area contributed by atoms with Crippen LogP contribution in [0.3, 0.4) is 0 Å². The van der Waals surface area contributed by atoms with Crippen LogP contribution in [-0.2, 0) is 16.0 Å². The lowest BCUT2D eigenvalue weighted by atomic mass is 9.75. The standard InChI is InChI=1S/C25H36BN5O5/c1-16(2)12-19(24(33)31-22(26(35)36)13-17(3)4)29-23(32)20(14-18-8-6-5-7-9-18)30-25(34)21-15-27-10-11-28-21/h5-11,15-17,19-20,22,35-36H,12-14H2,1-4H3,(H,29,32)(H,30,34)(H,31,33)/t19-,20-,22-/m0/s1. The largest absolute Gasteiger partial charge is 0.475 e. The molecule has 1 aromatic carbocycles. The van der Waals surface area contributed by atoms with Gasteiger partial charge in [0.1, 0.15) is 17.8 Å². The van der Waals surface area contributed by atoms with Gasteiger partial charge in [-0.1, -0.05) is 58.0 Å². The topological polar surface area (TPSA) is 154 Å². The molecule has 2 rings (SSSR count). The predicted molar refractivity (Wildman–Crippen MR) is 136 cm³/mol. The molecule has 0 aliphatic carbocycles. The first-order valence-electron chi connectivity index (χ1n) is 12.1. The number of carbonyl (C=O) groups excluding carboxylic acids is 3. The molecule has 0 radical (unpaired) electrons. The Balaban J connectivity index is 2.22. The number of hydrogen-bond acceptors (Lipinski definition) is 7. The van der Waals surface area contributed by atoms with Gasteiger partial charge in [0, 0.05) is 18.8 Å². The van der Waals surface area contributed by atoms with Crippen LogP contribution in [0.1, 0.15) is 56.6 Å². The molecule has 0 fully saturated rings. The van der Waals surface area contributed by atoms with Crippen LogP contribution in [0.5, 0.6) is 0 Å². The van der Waals surface area contributed by atoms with E-state index < -0.39 is 42.9 Å². The maximum Gasteiger partial charge on any atom is 0.475 e. The first kappa shape index (κ1) is 28.9. The zero-order valence-corrected chi connectivity index (χ0v) is 21.2. The Kier molecular flexibility index (Phi) is 11.5. The fourth-order valence-electron chi connectivity index (χ4n) is 3.73. The molecule has 0 bridgehead atoms. The first-order valence-corrected chi connectivity index (χ1v) is 12.1. The van der Waals surface area contributed by atoms with E-state index in [1.807, 2.05) is 58.0 Å². The SMILES string of the molecule is CC(C)C[C@H](NC(=O)[C@H](CC(C)C)NC(=O)[C@H](Cc1ccccc1)NC(=O)c1cnccn1)B(O)O. The van der Waals surface area contributed by atoms with Gasteiger partial charge in [0.05, 0.1) is 12.1 Å². The van der Waals surface area contributed by atoms with Gasteiger partial charge in [-0.05, 0) is 30.2 Å². The molecule has 1 aromatic heterocycles. The summed E-state index contributed by atoms with van der Waals surface area (Å²) in [5.74, 6) is -2.33. The van der Waals surface area contributed by atoms with E-state index in [1.165, 1.54) is 18.6 Å². The number of amides is 3. The molecule has 5 N–H and O–H groups in total. The molecule has 3 amide bonds. The molecule has 3 atom stereocenters. The summed E-state index contributed by atoms with van der Waals surface area (Å²) in [6.45, 7) is 7.64. The number of carbonyl (C=O) groups is 3. The maximum absolute atomic E-state index is 13.4. The number of hydrogen-bond donors (Lipinski definition) is 5. The average molecular weight is 497 g/mol. The van der Waals surface area contributed by atoms with Gasteiger partial charge in [-0.3, -0.25) is 19.4 Å². The third-order valence-corrected chi connectivity index (χ3v) is 5.45. The number of aromatic nitrogens is 2. The van der Waals surface area contributed by atoms with Crippen molar-refractivity contribution < 1.29 is 24.4 Å². The minimum Gasteiger partial charge on any atom is -0.426 e. The summed E-state index contributed by atoms with van der Waals surface area (Å²) >= 11 is 0. The van der Waals surface area contributed by atoms with E-state index in [4.69, 9.17) is 0 Å². The van der Waals surface area contributed by atoms with E-state index in [-0.39, 0.29) is 24.0 Å². The van der Waals surface area contributed by atoms with Crippen LogP contribution in [0, 0.1) is 11.8 Å². The zero-order valence-electron chi connectivity index (χ0n) is 21.2. The molecular weight excluding hydrogens is 461 g/mol. The Morgan fingerprint density at radius 1 is 0.861 bits per heavy atom. The Bertz CT molecular complexity index is 975. The van der Waals surface area contributed by atoms with Gasteiger partial charge in [-0.2, -0.15) is 0 Å². The molecule has 0 unspecified atom stereocenters. The number of nitrogens with one attached hydrogen (secondary N) is 3. The molecule has 1 heterocycles. The highest BCUT2D eigenvalue weighted by Crippen LogP contribution is 2.11. The number of benzene rings is 1. The van der Waals surface area contributed by atoms with Crippen LogP contribution in [0.2, 0.25) is 0 Å². The van der Waals surface area contributed by atoms with Crippen LogP contribution in [-0.4, -0.2) is 62.9 Å². The summed E-state index contributed by atoms with van der Waals surface area (Å²) in [5, 5.41) is 27.5. The smallest absolute Gasteiger partial charge is 0.426 e. The van der Waals surface area contributed by atoms with E-state index in [1.54, 1.807) is 0 Å². The van der Waals surface area contributed by atoms with Crippen molar-refractivity contribution in [3.63, 3.8) is 0 Å². The zero-order chi connectivity index (χ0) is 26.7. The summed E-state index contributed by atoms with van der Waals surface area (Å²) in [7, 11) is -1.73. The molecule has 0 saturated heterocycles. The van der Waals surface area contributed by atoms with Crippen LogP contribution < -0.4 is 16.0 Å². The van der Waals surface area contributed by atoms with Gasteiger partial charge in [0.25, 0.3) is 5.91 Å². The van der Waals surface area contributed by atoms with Crippen molar-refractivity contribution in [2.45, 2.75) is 65.0 Å². The van der Waals surface area contributed by atoms with Gasteiger partial charge < -0.3 is 26.0 Å².